The Hall–Kier alpha value is -3.08. The Morgan fingerprint density at radius 3 is 2.44 bits per heavy atom. The van der Waals surface area contributed by atoms with Crippen LogP contribution in [0, 0.1) is 0 Å². The van der Waals surface area contributed by atoms with E-state index in [-0.39, 0.29) is 5.91 Å². The highest BCUT2D eigenvalue weighted by molar-refractivity contribution is 8.25. The summed E-state index contributed by atoms with van der Waals surface area (Å²) >= 11 is 0. The van der Waals surface area contributed by atoms with Crippen LogP contribution in [-0.2, 0) is 19.4 Å². The molecular formula is C32H44N4O4S. The molecule has 0 aliphatic carbocycles. The monoisotopic (exact) mass is 580 g/mol. The van der Waals surface area contributed by atoms with Crippen molar-refractivity contribution in [2.45, 2.75) is 58.2 Å². The van der Waals surface area contributed by atoms with Gasteiger partial charge in [-0.15, -0.1) is 10.8 Å². The summed E-state index contributed by atoms with van der Waals surface area (Å²) < 4.78 is 23.1. The first-order chi connectivity index (χ1) is 19.8. The molecule has 0 radical (unpaired) electrons. The van der Waals surface area contributed by atoms with Crippen molar-refractivity contribution in [2.24, 2.45) is 0 Å². The van der Waals surface area contributed by atoms with E-state index >= 15 is 0 Å². The van der Waals surface area contributed by atoms with Crippen LogP contribution in [0.4, 0.5) is 11.4 Å². The van der Waals surface area contributed by atoms with Gasteiger partial charge in [-0.3, -0.25) is 18.2 Å². The number of rotatable bonds is 13. The van der Waals surface area contributed by atoms with Crippen LogP contribution in [0.3, 0.4) is 0 Å². The smallest absolute Gasteiger partial charge is 0.251 e. The van der Waals surface area contributed by atoms with E-state index in [2.05, 4.69) is 41.1 Å². The van der Waals surface area contributed by atoms with Crippen molar-refractivity contribution in [1.82, 2.24) is 10.6 Å². The molecule has 8 nitrogen and oxygen atoms in total. The third-order valence-corrected chi connectivity index (χ3v) is 9.33. The molecule has 0 bridgehead atoms. The van der Waals surface area contributed by atoms with Gasteiger partial charge >= 0.3 is 0 Å². The lowest BCUT2D eigenvalue weighted by molar-refractivity contribution is 0.0830. The average Bonchev–Trinajstić information content (AvgIpc) is 2.97. The lowest BCUT2D eigenvalue weighted by Gasteiger charge is -2.47. The van der Waals surface area contributed by atoms with Gasteiger partial charge in [0.25, 0.3) is 5.91 Å². The van der Waals surface area contributed by atoms with Crippen LogP contribution in [0.2, 0.25) is 0 Å². The Morgan fingerprint density at radius 1 is 0.951 bits per heavy atom. The minimum Gasteiger partial charge on any atom is -0.390 e. The van der Waals surface area contributed by atoms with Crippen molar-refractivity contribution in [3.63, 3.8) is 0 Å². The number of carbonyl (C=O) groups excluding carboxylic acids is 1. The summed E-state index contributed by atoms with van der Waals surface area (Å²) in [6, 6.07) is 23.0. The van der Waals surface area contributed by atoms with Crippen LogP contribution < -0.4 is 20.3 Å². The molecule has 1 heterocycles. The van der Waals surface area contributed by atoms with E-state index in [0.717, 1.165) is 36.1 Å². The van der Waals surface area contributed by atoms with E-state index in [0.29, 0.717) is 49.6 Å². The van der Waals surface area contributed by atoms with Gasteiger partial charge in [-0.05, 0) is 67.5 Å². The molecule has 9 heteroatoms. The van der Waals surface area contributed by atoms with Crippen LogP contribution >= 0.6 is 10.8 Å². The molecular weight excluding hydrogens is 536 g/mol. The first-order valence-electron chi connectivity index (χ1n) is 14.5. The molecule has 0 aromatic heterocycles. The molecule has 222 valence electrons. The predicted molar refractivity (Wildman–Crippen MR) is 170 cm³/mol. The van der Waals surface area contributed by atoms with Crippen LogP contribution in [0.15, 0.2) is 72.8 Å². The van der Waals surface area contributed by atoms with Gasteiger partial charge in [0.1, 0.15) is 0 Å². The lowest BCUT2D eigenvalue weighted by atomic mass is 10.00. The first-order valence-corrected chi connectivity index (χ1v) is 16.2. The average molecular weight is 581 g/mol. The van der Waals surface area contributed by atoms with Gasteiger partial charge in [0.15, 0.2) is 0 Å². The van der Waals surface area contributed by atoms with E-state index in [1.807, 2.05) is 49.4 Å². The summed E-state index contributed by atoms with van der Waals surface area (Å²) in [4.78, 5) is 13.7. The number of carbonyl (C=O) groups is 1. The zero-order chi connectivity index (χ0) is 29.2. The van der Waals surface area contributed by atoms with Gasteiger partial charge in [-0.25, -0.2) is 0 Å². The number of nitrogens with zero attached hydrogens (tertiary/aromatic N) is 1. The van der Waals surface area contributed by atoms with Gasteiger partial charge < -0.3 is 21.1 Å². The number of aryl methyl sites for hydroxylation is 1. The lowest BCUT2D eigenvalue weighted by Crippen LogP contribution is -2.48. The molecule has 1 aliphatic heterocycles. The summed E-state index contributed by atoms with van der Waals surface area (Å²) in [7, 11) is -2.94. The second kappa shape index (κ2) is 14.7. The molecule has 1 aliphatic rings. The second-order valence-corrected chi connectivity index (χ2v) is 12.7. The van der Waals surface area contributed by atoms with Gasteiger partial charge in [0.2, 0.25) is 0 Å². The summed E-state index contributed by atoms with van der Waals surface area (Å²) in [5, 5.41) is 20.9. The number of nitrogens with one attached hydrogen (secondary N) is 3. The number of hydrogen-bond acceptors (Lipinski definition) is 7. The minimum atomic E-state index is -2.94. The van der Waals surface area contributed by atoms with E-state index in [1.165, 1.54) is 5.56 Å². The second-order valence-electron chi connectivity index (χ2n) is 10.6. The van der Waals surface area contributed by atoms with E-state index < -0.39 is 22.9 Å². The van der Waals surface area contributed by atoms with Crippen molar-refractivity contribution in [1.29, 1.82) is 0 Å². The Kier molecular flexibility index (Phi) is 11.1. The first kappa shape index (κ1) is 30.9. The Morgan fingerprint density at radius 2 is 1.71 bits per heavy atom. The molecule has 0 spiro atoms. The van der Waals surface area contributed by atoms with Crippen molar-refractivity contribution in [3.8, 4) is 0 Å². The van der Waals surface area contributed by atoms with E-state index in [1.54, 1.807) is 16.4 Å². The SMILES string of the molecule is CCNc1cc(C(=O)N[C@@H](Cc2ccccc2)[C@H](O)CNCc2cccc(CC)c2)cc(N2CCCCS2(O)O)c1. The van der Waals surface area contributed by atoms with Crippen molar-refractivity contribution in [3.05, 3.63) is 95.1 Å². The van der Waals surface area contributed by atoms with Gasteiger partial charge in [-0.2, -0.15) is 0 Å². The van der Waals surface area contributed by atoms with E-state index in [9.17, 15) is 19.0 Å². The standard InChI is InChI=1S/C32H44N4O4S/c1-3-24-13-10-14-26(17-24)22-33-23-31(37)30(18-25-11-6-5-7-12-25)35-32(38)27-19-28(34-4-2)21-29(20-27)36-15-8-9-16-41(36,39)40/h5-7,10-14,17,19-21,30-31,33-34,37,39-40H,3-4,8-9,15-16,18,22-23H2,1-2H3,(H,35,38)/t30-,31+/m0/s1. The van der Waals surface area contributed by atoms with Crippen LogP contribution in [0.1, 0.15) is 53.7 Å². The molecule has 2 atom stereocenters. The maximum absolute atomic E-state index is 13.7. The molecule has 0 unspecified atom stereocenters. The molecule has 3 aromatic rings. The maximum atomic E-state index is 13.7. The number of aliphatic hydroxyl groups excluding tert-OH is 1. The molecule has 4 rings (SSSR count). The fourth-order valence-electron chi connectivity index (χ4n) is 5.17. The zero-order valence-corrected chi connectivity index (χ0v) is 24.9. The number of anilines is 2. The quantitative estimate of drug-likeness (QED) is 0.159. The number of aliphatic hydroxyl groups is 1. The minimum absolute atomic E-state index is 0.311. The van der Waals surface area contributed by atoms with Crippen molar-refractivity contribution in [2.75, 3.05) is 35.0 Å². The molecule has 1 saturated heterocycles. The Bertz CT molecular complexity index is 1270. The summed E-state index contributed by atoms with van der Waals surface area (Å²) in [5.41, 5.74) is 5.16. The van der Waals surface area contributed by atoms with Gasteiger partial charge in [-0.1, -0.05) is 61.5 Å². The molecule has 6 N–H and O–H groups in total. The molecule has 1 fully saturated rings. The summed E-state index contributed by atoms with van der Waals surface area (Å²) in [6.07, 6.45) is 2.21. The maximum Gasteiger partial charge on any atom is 0.251 e. The summed E-state index contributed by atoms with van der Waals surface area (Å²) in [5.74, 6) is -0.00348. The molecule has 3 aromatic carbocycles. The highest BCUT2D eigenvalue weighted by Crippen LogP contribution is 2.50. The fourth-order valence-corrected chi connectivity index (χ4v) is 6.84. The topological polar surface area (TPSA) is 117 Å². The van der Waals surface area contributed by atoms with Gasteiger partial charge in [0, 0.05) is 37.4 Å². The van der Waals surface area contributed by atoms with Crippen LogP contribution in [-0.4, -0.2) is 57.7 Å². The largest absolute Gasteiger partial charge is 0.390 e. The fraction of sp³-hybridized carbons (Fsp3) is 0.406. The Balaban J connectivity index is 1.52. The van der Waals surface area contributed by atoms with E-state index in [4.69, 9.17) is 0 Å². The molecule has 0 saturated carbocycles. The zero-order valence-electron chi connectivity index (χ0n) is 24.1. The van der Waals surface area contributed by atoms with Crippen LogP contribution in [0.5, 0.6) is 0 Å². The third-order valence-electron chi connectivity index (χ3n) is 7.39. The normalized spacial score (nSPS) is 17.0. The highest BCUT2D eigenvalue weighted by atomic mass is 32.3. The third kappa shape index (κ3) is 8.70. The number of amides is 1. The van der Waals surface area contributed by atoms with Crippen LogP contribution in [0.25, 0.3) is 0 Å². The van der Waals surface area contributed by atoms with Gasteiger partial charge in [0.05, 0.1) is 23.6 Å². The molecule has 41 heavy (non-hydrogen) atoms. The Labute approximate surface area is 245 Å². The number of benzene rings is 3. The van der Waals surface area contributed by atoms with Crippen molar-refractivity contribution >= 4 is 28.1 Å². The predicted octanol–water partition coefficient (Wildman–Crippen LogP) is 5.44. The molecule has 1 amide bonds. The number of hydrogen-bond donors (Lipinski definition) is 6. The van der Waals surface area contributed by atoms with Crippen molar-refractivity contribution < 1.29 is 19.0 Å². The summed E-state index contributed by atoms with van der Waals surface area (Å²) in [6.45, 7) is 6.20. The highest BCUT2D eigenvalue weighted by Gasteiger charge is 2.28.